The maximum absolute atomic E-state index is 12.9. The zero-order chi connectivity index (χ0) is 18.7. The van der Waals surface area contributed by atoms with E-state index in [0.717, 1.165) is 5.56 Å². The molecule has 1 N–H and O–H groups in total. The topological polar surface area (TPSA) is 68.5 Å². The van der Waals surface area contributed by atoms with E-state index in [0.29, 0.717) is 40.3 Å². The van der Waals surface area contributed by atoms with Gasteiger partial charge in [-0.05, 0) is 30.7 Å². The summed E-state index contributed by atoms with van der Waals surface area (Å²) in [5.41, 5.74) is 1.64. The van der Waals surface area contributed by atoms with Crippen LogP contribution in [0.2, 0.25) is 5.02 Å². The van der Waals surface area contributed by atoms with Gasteiger partial charge in [0.05, 0.1) is 17.1 Å². The summed E-state index contributed by atoms with van der Waals surface area (Å²) < 4.78 is 7.14. The molecule has 0 spiro atoms. The van der Waals surface area contributed by atoms with Crippen molar-refractivity contribution in [3.8, 4) is 5.75 Å². The van der Waals surface area contributed by atoms with Gasteiger partial charge in [-0.1, -0.05) is 35.9 Å². The summed E-state index contributed by atoms with van der Waals surface area (Å²) in [5.74, 6) is -0.291. The zero-order valence-electron chi connectivity index (χ0n) is 14.2. The van der Waals surface area contributed by atoms with Crippen molar-refractivity contribution in [2.75, 3.05) is 6.61 Å². The molecule has 0 radical (unpaired) electrons. The highest BCUT2D eigenvalue weighted by atomic mass is 35.5. The first kappa shape index (κ1) is 18.0. The van der Waals surface area contributed by atoms with Crippen LogP contribution in [0.25, 0.3) is 10.9 Å². The molecule has 0 saturated heterocycles. The molecule has 0 aliphatic rings. The predicted molar refractivity (Wildman–Crippen MR) is 101 cm³/mol. The van der Waals surface area contributed by atoms with Gasteiger partial charge in [0.25, 0.3) is 0 Å². The zero-order valence-corrected chi connectivity index (χ0v) is 15.0. The fourth-order valence-electron chi connectivity index (χ4n) is 3.02. The average Bonchev–Trinajstić information content (AvgIpc) is 2.60. The average molecular weight is 372 g/mol. The molecular formula is C20H18ClNO4. The number of hydrogen-bond acceptors (Lipinski definition) is 3. The minimum absolute atomic E-state index is 0.157. The fourth-order valence-corrected chi connectivity index (χ4v) is 3.31. The number of aromatic nitrogens is 1. The molecule has 26 heavy (non-hydrogen) atoms. The van der Waals surface area contributed by atoms with E-state index >= 15 is 0 Å². The van der Waals surface area contributed by atoms with E-state index in [-0.39, 0.29) is 12.0 Å². The lowest BCUT2D eigenvalue weighted by Gasteiger charge is -2.14. The first-order valence-corrected chi connectivity index (χ1v) is 8.62. The largest absolute Gasteiger partial charge is 0.494 e. The van der Waals surface area contributed by atoms with E-state index in [1.54, 1.807) is 24.4 Å². The van der Waals surface area contributed by atoms with Gasteiger partial charge >= 0.3 is 5.97 Å². The molecule has 1 heterocycles. The van der Waals surface area contributed by atoms with Crippen LogP contribution in [-0.4, -0.2) is 22.2 Å². The van der Waals surface area contributed by atoms with Crippen molar-refractivity contribution in [1.29, 1.82) is 0 Å². The van der Waals surface area contributed by atoms with Crippen molar-refractivity contribution >= 4 is 28.5 Å². The molecule has 0 fully saturated rings. The lowest BCUT2D eigenvalue weighted by atomic mass is 10.0. The third-order valence-electron chi connectivity index (χ3n) is 4.08. The SMILES string of the molecule is CCOc1ccccc1Cc1cn(CC(=O)O)c2c(Cl)cccc2c1=O. The molecule has 134 valence electrons. The number of fused-ring (bicyclic) bond motifs is 1. The maximum atomic E-state index is 12.9. The number of ether oxygens (including phenoxy) is 1. The molecular weight excluding hydrogens is 354 g/mol. The molecule has 0 aliphatic heterocycles. The third-order valence-corrected chi connectivity index (χ3v) is 4.39. The third kappa shape index (κ3) is 3.58. The molecule has 0 saturated carbocycles. The van der Waals surface area contributed by atoms with Gasteiger partial charge in [0.15, 0.2) is 5.43 Å². The molecule has 3 rings (SSSR count). The molecule has 1 aromatic heterocycles. The number of hydrogen-bond donors (Lipinski definition) is 1. The number of rotatable bonds is 6. The van der Waals surface area contributed by atoms with Crippen LogP contribution < -0.4 is 10.2 Å². The quantitative estimate of drug-likeness (QED) is 0.716. The summed E-state index contributed by atoms with van der Waals surface area (Å²) in [4.78, 5) is 24.2. The van der Waals surface area contributed by atoms with Crippen LogP contribution in [0.3, 0.4) is 0 Å². The van der Waals surface area contributed by atoms with Gasteiger partial charge in [-0.15, -0.1) is 0 Å². The number of halogens is 1. The maximum Gasteiger partial charge on any atom is 0.323 e. The predicted octanol–water partition coefficient (Wildman–Crippen LogP) is 3.73. The van der Waals surface area contributed by atoms with Gasteiger partial charge in [0.2, 0.25) is 0 Å². The highest BCUT2D eigenvalue weighted by Gasteiger charge is 2.15. The molecule has 2 aromatic carbocycles. The van der Waals surface area contributed by atoms with Crippen molar-refractivity contribution in [1.82, 2.24) is 4.57 Å². The molecule has 5 nitrogen and oxygen atoms in total. The molecule has 0 atom stereocenters. The summed E-state index contributed by atoms with van der Waals surface area (Å²) in [6.45, 7) is 2.14. The number of pyridine rings is 1. The van der Waals surface area contributed by atoms with Crippen molar-refractivity contribution in [3.05, 3.63) is 75.0 Å². The molecule has 0 aliphatic carbocycles. The van der Waals surface area contributed by atoms with Crippen LogP contribution in [-0.2, 0) is 17.8 Å². The summed E-state index contributed by atoms with van der Waals surface area (Å²) in [6, 6.07) is 12.5. The van der Waals surface area contributed by atoms with Crippen molar-refractivity contribution < 1.29 is 14.6 Å². The Morgan fingerprint density at radius 3 is 2.65 bits per heavy atom. The number of para-hydroxylation sites is 2. The fraction of sp³-hybridized carbons (Fsp3) is 0.200. The van der Waals surface area contributed by atoms with Gasteiger partial charge in [0, 0.05) is 23.6 Å². The van der Waals surface area contributed by atoms with Crippen molar-refractivity contribution in [2.24, 2.45) is 0 Å². The Balaban J connectivity index is 2.17. The normalized spacial score (nSPS) is 10.8. The Bertz CT molecular complexity index is 1030. The summed E-state index contributed by atoms with van der Waals surface area (Å²) in [5, 5.41) is 9.98. The monoisotopic (exact) mass is 371 g/mol. The first-order valence-electron chi connectivity index (χ1n) is 8.24. The van der Waals surface area contributed by atoms with Gasteiger partial charge in [-0.3, -0.25) is 9.59 Å². The molecule has 3 aromatic rings. The number of carbonyl (C=O) groups is 1. The Morgan fingerprint density at radius 2 is 1.92 bits per heavy atom. The summed E-state index contributed by atoms with van der Waals surface area (Å²) >= 11 is 6.22. The smallest absolute Gasteiger partial charge is 0.323 e. The molecule has 6 heteroatoms. The van der Waals surface area contributed by atoms with Crippen LogP contribution in [0, 0.1) is 0 Å². The molecule has 0 unspecified atom stereocenters. The second-order valence-corrected chi connectivity index (χ2v) is 6.27. The van der Waals surface area contributed by atoms with Crippen LogP contribution >= 0.6 is 11.6 Å². The Kier molecular flexibility index (Phi) is 5.28. The summed E-state index contributed by atoms with van der Waals surface area (Å²) in [6.07, 6.45) is 1.92. The van der Waals surface area contributed by atoms with Gasteiger partial charge in [-0.25, -0.2) is 0 Å². The lowest BCUT2D eigenvalue weighted by Crippen LogP contribution is -2.18. The van der Waals surface area contributed by atoms with E-state index in [1.165, 1.54) is 4.57 Å². The number of carboxylic acids is 1. The second kappa shape index (κ2) is 7.62. The molecule has 0 amide bonds. The minimum atomic E-state index is -1.00. The van der Waals surface area contributed by atoms with Crippen LogP contribution in [0.15, 0.2) is 53.5 Å². The summed E-state index contributed by atoms with van der Waals surface area (Å²) in [7, 11) is 0. The van der Waals surface area contributed by atoms with Crippen LogP contribution in [0.1, 0.15) is 18.1 Å². The second-order valence-electron chi connectivity index (χ2n) is 5.86. The highest BCUT2D eigenvalue weighted by Crippen LogP contribution is 2.24. The van der Waals surface area contributed by atoms with Gasteiger partial charge in [-0.2, -0.15) is 0 Å². The number of aliphatic carboxylic acids is 1. The van der Waals surface area contributed by atoms with E-state index in [4.69, 9.17) is 16.3 Å². The number of benzene rings is 2. The standard InChI is InChI=1S/C20H18ClNO4/c1-2-26-17-9-4-3-6-13(17)10-14-11-22(12-18(23)24)19-15(20(14)25)7-5-8-16(19)21/h3-9,11H,2,10,12H2,1H3,(H,23,24). The number of nitrogens with zero attached hydrogens (tertiary/aromatic N) is 1. The Hall–Kier alpha value is -2.79. The van der Waals surface area contributed by atoms with E-state index in [1.807, 2.05) is 31.2 Å². The molecule has 0 bridgehead atoms. The van der Waals surface area contributed by atoms with Gasteiger partial charge in [0.1, 0.15) is 12.3 Å². The minimum Gasteiger partial charge on any atom is -0.494 e. The first-order chi connectivity index (χ1) is 12.5. The van der Waals surface area contributed by atoms with Crippen molar-refractivity contribution in [3.63, 3.8) is 0 Å². The van der Waals surface area contributed by atoms with Gasteiger partial charge < -0.3 is 14.4 Å². The highest BCUT2D eigenvalue weighted by molar-refractivity contribution is 6.35. The number of carboxylic acid groups (broad SMARTS) is 1. The van der Waals surface area contributed by atoms with E-state index in [2.05, 4.69) is 0 Å². The Morgan fingerprint density at radius 1 is 1.15 bits per heavy atom. The lowest BCUT2D eigenvalue weighted by molar-refractivity contribution is -0.137. The van der Waals surface area contributed by atoms with Crippen LogP contribution in [0.5, 0.6) is 5.75 Å². The van der Waals surface area contributed by atoms with E-state index < -0.39 is 5.97 Å². The van der Waals surface area contributed by atoms with Crippen molar-refractivity contribution in [2.45, 2.75) is 19.9 Å². The Labute approximate surface area is 155 Å². The van der Waals surface area contributed by atoms with Crippen LogP contribution in [0.4, 0.5) is 0 Å². The van der Waals surface area contributed by atoms with E-state index in [9.17, 15) is 14.7 Å².